The largest absolute Gasteiger partial charge is 0.573 e. The normalized spacial score (nSPS) is 11.2. The first kappa shape index (κ1) is 25.0. The smallest absolute Gasteiger partial charge is 0.486 e. The minimum atomic E-state index is -4.77. The molecule has 0 radical (unpaired) electrons. The molecule has 0 aliphatic heterocycles. The summed E-state index contributed by atoms with van der Waals surface area (Å²) in [6.07, 6.45) is -1.45. The van der Waals surface area contributed by atoms with Crippen LogP contribution < -0.4 is 14.2 Å². The molecule has 0 saturated heterocycles. The van der Waals surface area contributed by atoms with Crippen molar-refractivity contribution in [3.63, 3.8) is 0 Å². The van der Waals surface area contributed by atoms with Crippen molar-refractivity contribution in [1.29, 1.82) is 0 Å². The third kappa shape index (κ3) is 6.51. The van der Waals surface area contributed by atoms with E-state index in [4.69, 9.17) is 14.6 Å². The summed E-state index contributed by atoms with van der Waals surface area (Å²) in [4.78, 5) is 20.3. The standard InChI is InChI=1S/C25H19F3N2O5S/c1-15-11-19(8-9-20(15)34-14-22(31)32)33-13-21-30-23(24(36-21)17-3-2-10-29-12-17)16-4-6-18(7-5-16)35-25(26,27)28/h2-12H,13-14H2,1H3,(H,31,32). The van der Waals surface area contributed by atoms with Crippen LogP contribution in [0.2, 0.25) is 0 Å². The summed E-state index contributed by atoms with van der Waals surface area (Å²) >= 11 is 1.38. The Morgan fingerprint density at radius 2 is 1.78 bits per heavy atom. The molecule has 0 bridgehead atoms. The summed E-state index contributed by atoms with van der Waals surface area (Å²) in [5.74, 6) is -0.401. The van der Waals surface area contributed by atoms with Gasteiger partial charge >= 0.3 is 12.3 Å². The Kier molecular flexibility index (Phi) is 7.39. The number of rotatable bonds is 9. The monoisotopic (exact) mass is 516 g/mol. The van der Waals surface area contributed by atoms with E-state index in [1.54, 1.807) is 43.6 Å². The number of benzene rings is 2. The highest BCUT2D eigenvalue weighted by atomic mass is 32.1. The molecule has 0 aliphatic carbocycles. The number of nitrogens with zero attached hydrogens (tertiary/aromatic N) is 2. The number of aromatic nitrogens is 2. The number of pyridine rings is 1. The average molecular weight is 516 g/mol. The molecule has 1 N–H and O–H groups in total. The Bertz CT molecular complexity index is 1340. The van der Waals surface area contributed by atoms with E-state index in [-0.39, 0.29) is 12.4 Å². The number of aliphatic carboxylic acids is 1. The van der Waals surface area contributed by atoms with Crippen LogP contribution in [0, 0.1) is 6.92 Å². The van der Waals surface area contributed by atoms with E-state index in [9.17, 15) is 18.0 Å². The topological polar surface area (TPSA) is 90.8 Å². The van der Waals surface area contributed by atoms with Crippen molar-refractivity contribution in [3.8, 4) is 38.9 Å². The zero-order chi connectivity index (χ0) is 25.7. The Balaban J connectivity index is 1.56. The first-order chi connectivity index (χ1) is 17.2. The molecule has 0 atom stereocenters. The van der Waals surface area contributed by atoms with E-state index in [1.807, 2.05) is 6.07 Å². The fraction of sp³-hybridized carbons (Fsp3) is 0.160. The van der Waals surface area contributed by atoms with E-state index >= 15 is 0 Å². The zero-order valence-corrected chi connectivity index (χ0v) is 19.6. The first-order valence-corrected chi connectivity index (χ1v) is 11.3. The van der Waals surface area contributed by atoms with Crippen molar-refractivity contribution >= 4 is 17.3 Å². The first-order valence-electron chi connectivity index (χ1n) is 10.5. The van der Waals surface area contributed by atoms with Gasteiger partial charge in [0.2, 0.25) is 0 Å². The highest BCUT2D eigenvalue weighted by Crippen LogP contribution is 2.38. The molecule has 0 saturated carbocycles. The summed E-state index contributed by atoms with van der Waals surface area (Å²) in [6.45, 7) is 1.48. The van der Waals surface area contributed by atoms with Crippen molar-refractivity contribution in [3.05, 3.63) is 77.6 Å². The van der Waals surface area contributed by atoms with Gasteiger partial charge in [0.15, 0.2) is 6.61 Å². The Labute approximate surface area is 207 Å². The van der Waals surface area contributed by atoms with Gasteiger partial charge in [-0.25, -0.2) is 9.78 Å². The lowest BCUT2D eigenvalue weighted by molar-refractivity contribution is -0.274. The molecule has 0 spiro atoms. The van der Waals surface area contributed by atoms with E-state index in [0.29, 0.717) is 33.3 Å². The van der Waals surface area contributed by atoms with Crippen LogP contribution in [0.25, 0.3) is 21.7 Å². The molecule has 0 fully saturated rings. The molecule has 2 aromatic carbocycles. The van der Waals surface area contributed by atoms with Gasteiger partial charge in [-0.1, -0.05) is 6.07 Å². The Morgan fingerprint density at radius 3 is 2.42 bits per heavy atom. The zero-order valence-electron chi connectivity index (χ0n) is 18.8. The van der Waals surface area contributed by atoms with Crippen LogP contribution in [-0.2, 0) is 11.4 Å². The van der Waals surface area contributed by atoms with Crippen LogP contribution in [0.5, 0.6) is 17.2 Å². The second-order valence-corrected chi connectivity index (χ2v) is 8.58. The third-order valence-corrected chi connectivity index (χ3v) is 5.89. The van der Waals surface area contributed by atoms with Gasteiger partial charge in [-0.15, -0.1) is 24.5 Å². The molecule has 186 valence electrons. The Hall–Kier alpha value is -4.12. The number of hydrogen-bond donors (Lipinski definition) is 1. The van der Waals surface area contributed by atoms with Gasteiger partial charge in [0.25, 0.3) is 0 Å². The highest BCUT2D eigenvalue weighted by molar-refractivity contribution is 7.15. The van der Waals surface area contributed by atoms with E-state index in [1.165, 1.54) is 35.6 Å². The fourth-order valence-corrected chi connectivity index (χ4v) is 4.28. The maximum Gasteiger partial charge on any atom is 0.573 e. The van der Waals surface area contributed by atoms with Crippen LogP contribution in [-0.4, -0.2) is 34.0 Å². The average Bonchev–Trinajstić information content (AvgIpc) is 3.26. The summed E-state index contributed by atoms with van der Waals surface area (Å²) in [6, 6.07) is 14.2. The molecule has 0 unspecified atom stereocenters. The molecule has 36 heavy (non-hydrogen) atoms. The van der Waals surface area contributed by atoms with Gasteiger partial charge in [0.1, 0.15) is 28.9 Å². The number of alkyl halides is 3. The minimum absolute atomic E-state index is 0.141. The quantitative estimate of drug-likeness (QED) is 0.287. The van der Waals surface area contributed by atoms with Crippen molar-refractivity contribution in [2.24, 2.45) is 0 Å². The number of aryl methyl sites for hydroxylation is 1. The fourth-order valence-electron chi connectivity index (χ4n) is 3.29. The predicted octanol–water partition coefficient (Wildman–Crippen LogP) is 6.12. The molecule has 2 heterocycles. The summed E-state index contributed by atoms with van der Waals surface area (Å²) in [7, 11) is 0. The lowest BCUT2D eigenvalue weighted by atomic mass is 10.1. The molecule has 2 aromatic heterocycles. The number of carboxylic acids is 1. The van der Waals surface area contributed by atoms with Crippen LogP contribution in [0.1, 0.15) is 10.6 Å². The van der Waals surface area contributed by atoms with Gasteiger partial charge in [0.05, 0.1) is 10.6 Å². The molecule has 4 rings (SSSR count). The van der Waals surface area contributed by atoms with Crippen LogP contribution in [0.3, 0.4) is 0 Å². The van der Waals surface area contributed by atoms with Crippen molar-refractivity contribution in [1.82, 2.24) is 9.97 Å². The predicted molar refractivity (Wildman–Crippen MR) is 126 cm³/mol. The summed E-state index contributed by atoms with van der Waals surface area (Å²) in [5.41, 5.74) is 2.72. The molecule has 0 aliphatic rings. The second kappa shape index (κ2) is 10.6. The number of carboxylic acid groups (broad SMARTS) is 1. The van der Waals surface area contributed by atoms with Gasteiger partial charge < -0.3 is 19.3 Å². The van der Waals surface area contributed by atoms with E-state index < -0.39 is 18.9 Å². The van der Waals surface area contributed by atoms with Crippen molar-refractivity contribution in [2.45, 2.75) is 19.9 Å². The summed E-state index contributed by atoms with van der Waals surface area (Å²) < 4.78 is 52.6. The number of thiazole rings is 1. The van der Waals surface area contributed by atoms with Crippen molar-refractivity contribution < 1.29 is 37.3 Å². The van der Waals surface area contributed by atoms with Crippen LogP contribution in [0.15, 0.2) is 67.0 Å². The summed E-state index contributed by atoms with van der Waals surface area (Å²) in [5, 5.41) is 9.41. The van der Waals surface area contributed by atoms with E-state index in [2.05, 4.69) is 14.7 Å². The van der Waals surface area contributed by atoms with Crippen molar-refractivity contribution in [2.75, 3.05) is 6.61 Å². The van der Waals surface area contributed by atoms with Gasteiger partial charge in [0, 0.05) is 23.5 Å². The molecule has 7 nitrogen and oxygen atoms in total. The van der Waals surface area contributed by atoms with Crippen LogP contribution >= 0.6 is 11.3 Å². The molecule has 0 amide bonds. The highest BCUT2D eigenvalue weighted by Gasteiger charge is 2.31. The van der Waals surface area contributed by atoms with Gasteiger partial charge in [-0.05, 0) is 61.0 Å². The van der Waals surface area contributed by atoms with Gasteiger partial charge in [-0.2, -0.15) is 0 Å². The Morgan fingerprint density at radius 1 is 1.03 bits per heavy atom. The maximum absolute atomic E-state index is 12.5. The molecular weight excluding hydrogens is 497 g/mol. The van der Waals surface area contributed by atoms with Crippen LogP contribution in [0.4, 0.5) is 13.2 Å². The molecular formula is C25H19F3N2O5S. The number of hydrogen-bond acceptors (Lipinski definition) is 7. The van der Waals surface area contributed by atoms with E-state index in [0.717, 1.165) is 10.4 Å². The SMILES string of the molecule is Cc1cc(OCc2nc(-c3ccc(OC(F)(F)F)cc3)c(-c3cccnc3)s2)ccc1OCC(=O)O. The molecule has 4 aromatic rings. The lowest BCUT2D eigenvalue weighted by Gasteiger charge is -2.10. The number of ether oxygens (including phenoxy) is 3. The third-order valence-electron chi connectivity index (χ3n) is 4.82. The molecule has 11 heteroatoms. The number of halogens is 3. The maximum atomic E-state index is 12.5. The van der Waals surface area contributed by atoms with Gasteiger partial charge in [-0.3, -0.25) is 4.98 Å². The minimum Gasteiger partial charge on any atom is -0.486 e. The second-order valence-electron chi connectivity index (χ2n) is 7.50. The number of carbonyl (C=O) groups is 1. The lowest BCUT2D eigenvalue weighted by Crippen LogP contribution is -2.16.